The second-order valence-corrected chi connectivity index (χ2v) is 16.4. The van der Waals surface area contributed by atoms with E-state index in [1.807, 2.05) is 30.3 Å². The first-order chi connectivity index (χ1) is 29.1. The highest BCUT2D eigenvalue weighted by molar-refractivity contribution is 9.10. The number of thiophene rings is 1. The first-order valence-corrected chi connectivity index (χ1v) is 21.0. The number of ether oxygens (including phenoxy) is 2. The van der Waals surface area contributed by atoms with Crippen LogP contribution in [0.3, 0.4) is 0 Å². The normalized spacial score (nSPS) is 21.8. The van der Waals surface area contributed by atoms with E-state index >= 15 is 0 Å². The molecular weight excluding hydrogens is 872 g/mol. The summed E-state index contributed by atoms with van der Waals surface area (Å²) in [5, 5.41) is 22.6. The van der Waals surface area contributed by atoms with E-state index in [1.54, 1.807) is 41.8 Å². The first-order valence-electron chi connectivity index (χ1n) is 19.4. The standard InChI is InChI=1S/C44H45BrN4O11S/c1-25(50)59-38-39(60-26(2)51)43(56)49-36(24-33-9-6-20-61-33)41(54)48-35(22-29-10-15-31(45)16-11-29)40(53)47-34(19-14-27-7-4-3-5-8-27)37(52)23-30(44(57)58)21-28-12-17-32(18-13-28)46-42(38)55/h3-13,15-18,20,30,34-36,38-39H,14,19,21-24H2,1-2H3,(H,46,55)(H,47,53)(H,48,54)(H,49,56)(H,57,58)/t30-,34+,35-,36+,38+,39+/m0/s1. The van der Waals surface area contributed by atoms with Crippen LogP contribution in [0.4, 0.5) is 5.69 Å². The molecule has 17 heteroatoms. The number of benzene rings is 3. The van der Waals surface area contributed by atoms with Crippen molar-refractivity contribution in [3.05, 3.63) is 122 Å². The van der Waals surface area contributed by atoms with Gasteiger partial charge in [0.2, 0.25) is 24.0 Å². The largest absolute Gasteiger partial charge is 0.481 e. The Kier molecular flexibility index (Phi) is 16.5. The number of ketones is 1. The van der Waals surface area contributed by atoms with Crippen molar-refractivity contribution in [3.8, 4) is 0 Å². The van der Waals surface area contributed by atoms with Crippen molar-refractivity contribution in [2.75, 3.05) is 5.32 Å². The van der Waals surface area contributed by atoms with Gasteiger partial charge in [0.05, 0.1) is 12.0 Å². The van der Waals surface area contributed by atoms with Crippen LogP contribution in [-0.4, -0.2) is 82.8 Å². The van der Waals surface area contributed by atoms with Gasteiger partial charge in [0.25, 0.3) is 11.8 Å². The van der Waals surface area contributed by atoms with Gasteiger partial charge in [-0.2, -0.15) is 0 Å². The van der Waals surface area contributed by atoms with Crippen molar-refractivity contribution >= 4 is 80.3 Å². The number of rotatable bonds is 10. The molecule has 0 saturated heterocycles. The molecule has 6 atom stereocenters. The minimum Gasteiger partial charge on any atom is -0.481 e. The molecule has 0 spiro atoms. The van der Waals surface area contributed by atoms with Gasteiger partial charge >= 0.3 is 17.9 Å². The zero-order valence-electron chi connectivity index (χ0n) is 33.3. The van der Waals surface area contributed by atoms with Crippen LogP contribution in [0.25, 0.3) is 0 Å². The van der Waals surface area contributed by atoms with Gasteiger partial charge in [-0.25, -0.2) is 0 Å². The van der Waals surface area contributed by atoms with Gasteiger partial charge in [0.15, 0.2) is 5.78 Å². The maximum absolute atomic E-state index is 14.4. The Morgan fingerprint density at radius 2 is 1.26 bits per heavy atom. The van der Waals surface area contributed by atoms with Crippen molar-refractivity contribution in [2.45, 2.75) is 82.7 Å². The molecule has 6 rings (SSSR count). The maximum atomic E-state index is 14.4. The average molecular weight is 918 g/mol. The fraction of sp³-hybridized carbons (Fsp3) is 0.318. The lowest BCUT2D eigenvalue weighted by molar-refractivity contribution is -0.173. The number of carboxylic acids is 1. The monoisotopic (exact) mass is 916 g/mol. The third-order valence-corrected chi connectivity index (χ3v) is 11.2. The summed E-state index contributed by atoms with van der Waals surface area (Å²) in [4.78, 5) is 109. The van der Waals surface area contributed by atoms with Crippen LogP contribution in [0.1, 0.15) is 48.3 Å². The highest BCUT2D eigenvalue weighted by Crippen LogP contribution is 2.21. The smallest absolute Gasteiger partial charge is 0.307 e. The summed E-state index contributed by atoms with van der Waals surface area (Å²) in [7, 11) is 0. The van der Waals surface area contributed by atoms with Crippen LogP contribution >= 0.6 is 27.3 Å². The molecule has 0 unspecified atom stereocenters. The Balaban J connectivity index is 1.59. The zero-order valence-corrected chi connectivity index (χ0v) is 35.7. The minimum atomic E-state index is -2.08. The third kappa shape index (κ3) is 13.9. The summed E-state index contributed by atoms with van der Waals surface area (Å²) in [6, 6.07) is 21.7. The topological polar surface area (TPSA) is 223 Å². The van der Waals surface area contributed by atoms with Gasteiger partial charge in [0.1, 0.15) is 12.1 Å². The molecule has 1 aromatic heterocycles. The quantitative estimate of drug-likeness (QED) is 0.113. The predicted octanol–water partition coefficient (Wildman–Crippen LogP) is 4.10. The van der Waals surface area contributed by atoms with E-state index in [-0.39, 0.29) is 31.4 Å². The van der Waals surface area contributed by atoms with Crippen molar-refractivity contribution in [1.29, 1.82) is 0 Å². The molecule has 2 bridgehead atoms. The van der Waals surface area contributed by atoms with E-state index in [1.165, 1.54) is 35.6 Å². The highest BCUT2D eigenvalue weighted by atomic mass is 79.9. The third-order valence-electron chi connectivity index (χ3n) is 9.75. The lowest BCUT2D eigenvalue weighted by Crippen LogP contribution is -2.59. The SMILES string of the molecule is CC(=O)O[C@H]1C(=O)Nc2ccc(cc2)C[C@H](C(=O)O)CC(=O)[C@@H](CCc2ccccc2)NC(=O)[C@H](Cc2ccc(Br)cc2)NC(=O)[C@@H](Cc2cccs2)NC(=O)[C@@H]1OC(C)=O. The van der Waals surface area contributed by atoms with E-state index in [0.29, 0.717) is 22.4 Å². The lowest BCUT2D eigenvalue weighted by Gasteiger charge is -2.28. The number of anilines is 1. The molecule has 61 heavy (non-hydrogen) atoms. The van der Waals surface area contributed by atoms with Gasteiger partial charge < -0.3 is 35.8 Å². The number of aryl methyl sites for hydroxylation is 1. The number of amides is 4. The van der Waals surface area contributed by atoms with E-state index in [4.69, 9.17) is 9.47 Å². The summed E-state index contributed by atoms with van der Waals surface area (Å²) in [5.74, 6) is -8.79. The number of carbonyl (C=O) groups excluding carboxylic acids is 7. The Labute approximate surface area is 364 Å². The van der Waals surface area contributed by atoms with Gasteiger partial charge in [-0.3, -0.25) is 38.4 Å². The van der Waals surface area contributed by atoms with Crippen molar-refractivity contribution < 1.29 is 52.9 Å². The number of fused-ring (bicyclic) bond motifs is 18. The van der Waals surface area contributed by atoms with Crippen LogP contribution < -0.4 is 21.3 Å². The van der Waals surface area contributed by atoms with E-state index < -0.39 is 90.0 Å². The second kappa shape index (κ2) is 21.9. The van der Waals surface area contributed by atoms with Gasteiger partial charge in [0, 0.05) is 48.1 Å². The number of hydrogen-bond acceptors (Lipinski definition) is 11. The van der Waals surface area contributed by atoms with Crippen molar-refractivity contribution in [2.24, 2.45) is 5.92 Å². The number of nitrogens with one attached hydrogen (secondary N) is 4. The Morgan fingerprint density at radius 1 is 0.672 bits per heavy atom. The summed E-state index contributed by atoms with van der Waals surface area (Å²) in [6.07, 6.45) is -4.34. The molecule has 0 radical (unpaired) electrons. The number of aliphatic carboxylic acids is 1. The molecule has 4 amide bonds. The van der Waals surface area contributed by atoms with Gasteiger partial charge in [-0.1, -0.05) is 76.6 Å². The second-order valence-electron chi connectivity index (χ2n) is 14.5. The number of Topliss-reactive ketones (excluding diaryl/α,β-unsaturated/α-hetero) is 1. The molecule has 3 heterocycles. The number of carbonyl (C=O) groups is 8. The Bertz CT molecular complexity index is 2200. The number of halogens is 1. The fourth-order valence-electron chi connectivity index (χ4n) is 6.69. The number of esters is 2. The fourth-order valence-corrected chi connectivity index (χ4v) is 7.71. The van der Waals surface area contributed by atoms with Gasteiger partial charge in [-0.15, -0.1) is 11.3 Å². The minimum absolute atomic E-state index is 0.0670. The molecule has 15 nitrogen and oxygen atoms in total. The van der Waals surface area contributed by atoms with Crippen LogP contribution in [0.15, 0.2) is 101 Å². The van der Waals surface area contributed by atoms with E-state index in [2.05, 4.69) is 37.2 Å². The summed E-state index contributed by atoms with van der Waals surface area (Å²) < 4.78 is 11.3. The van der Waals surface area contributed by atoms with Crippen molar-refractivity contribution in [1.82, 2.24) is 16.0 Å². The van der Waals surface area contributed by atoms with Crippen LogP contribution in [-0.2, 0) is 73.5 Å². The lowest BCUT2D eigenvalue weighted by atomic mass is 9.90. The molecular formula is C44H45BrN4O11S. The van der Waals surface area contributed by atoms with E-state index in [9.17, 15) is 43.5 Å². The molecule has 0 fully saturated rings. The molecule has 0 aliphatic carbocycles. The highest BCUT2D eigenvalue weighted by Gasteiger charge is 2.41. The van der Waals surface area contributed by atoms with E-state index in [0.717, 1.165) is 23.9 Å². The maximum Gasteiger partial charge on any atom is 0.307 e. The van der Waals surface area contributed by atoms with Crippen LogP contribution in [0.2, 0.25) is 0 Å². The van der Waals surface area contributed by atoms with Crippen LogP contribution in [0.5, 0.6) is 0 Å². The van der Waals surface area contributed by atoms with Gasteiger partial charge in [-0.05, 0) is 71.7 Å². The molecule has 320 valence electrons. The molecule has 2 aliphatic rings. The number of hydrogen-bond donors (Lipinski definition) is 5. The van der Waals surface area contributed by atoms with Crippen molar-refractivity contribution in [3.63, 3.8) is 0 Å². The molecule has 2 aliphatic heterocycles. The predicted molar refractivity (Wildman–Crippen MR) is 227 cm³/mol. The Hall–Kier alpha value is -6.20. The average Bonchev–Trinajstić information content (AvgIpc) is 3.74. The molecule has 5 N–H and O–H groups in total. The number of carboxylic acid groups (broad SMARTS) is 1. The first kappa shape index (κ1) is 45.9. The molecule has 0 saturated carbocycles. The van der Waals surface area contributed by atoms with Crippen LogP contribution in [0, 0.1) is 5.92 Å². The Morgan fingerprint density at radius 3 is 1.85 bits per heavy atom. The summed E-state index contributed by atoms with van der Waals surface area (Å²) >= 11 is 4.67. The summed E-state index contributed by atoms with van der Waals surface area (Å²) in [5.41, 5.74) is 2.15. The molecule has 4 aromatic rings. The summed E-state index contributed by atoms with van der Waals surface area (Å²) in [6.45, 7) is 1.97. The molecule has 3 aromatic carbocycles. The zero-order chi connectivity index (χ0) is 44.1.